The first-order valence-corrected chi connectivity index (χ1v) is 10.2. The molecule has 0 radical (unpaired) electrons. The fourth-order valence-corrected chi connectivity index (χ4v) is 2.80. The Morgan fingerprint density at radius 1 is 0.885 bits per heavy atom. The lowest BCUT2D eigenvalue weighted by Crippen LogP contribution is -2.26. The molecule has 0 bridgehead atoms. The Hall–Kier alpha value is -1.75. The molecule has 5 N–H and O–H groups in total. The average Bonchev–Trinajstić information content (AvgIpc) is 2.61. The Balaban J connectivity index is 2.24. The first-order valence-electron chi connectivity index (χ1n) is 9.78. The SMILES string of the molecule is CCCCCCCCCCCCN=C(N=C(N)N)Nc1ccc(Cl)cc1. The van der Waals surface area contributed by atoms with Gasteiger partial charge in [-0.15, -0.1) is 0 Å². The second-order valence-corrected chi connectivity index (χ2v) is 6.99. The molecule has 0 aliphatic carbocycles. The number of hydrogen-bond donors (Lipinski definition) is 3. The smallest absolute Gasteiger partial charge is 0.225 e. The maximum atomic E-state index is 5.89. The van der Waals surface area contributed by atoms with E-state index in [2.05, 4.69) is 22.2 Å². The lowest BCUT2D eigenvalue weighted by Gasteiger charge is -2.07. The number of nitrogens with two attached hydrogens (primary N) is 2. The fourth-order valence-electron chi connectivity index (χ4n) is 2.67. The minimum Gasteiger partial charge on any atom is -0.370 e. The predicted octanol–water partition coefficient (Wildman–Crippen LogP) is 5.30. The highest BCUT2D eigenvalue weighted by molar-refractivity contribution is 6.30. The number of nitrogens with one attached hydrogen (secondary N) is 1. The average molecular weight is 380 g/mol. The van der Waals surface area contributed by atoms with Crippen LogP contribution < -0.4 is 16.8 Å². The molecule has 0 amide bonds. The van der Waals surface area contributed by atoms with E-state index >= 15 is 0 Å². The zero-order chi connectivity index (χ0) is 19.0. The zero-order valence-electron chi connectivity index (χ0n) is 16.0. The number of benzene rings is 1. The van der Waals surface area contributed by atoms with E-state index < -0.39 is 0 Å². The van der Waals surface area contributed by atoms with Crippen LogP contribution in [0.1, 0.15) is 71.1 Å². The highest BCUT2D eigenvalue weighted by Gasteiger charge is 2.00. The first kappa shape index (κ1) is 22.3. The van der Waals surface area contributed by atoms with Crippen LogP contribution in [0.5, 0.6) is 0 Å². The molecule has 0 aliphatic rings. The molecule has 1 aromatic carbocycles. The summed E-state index contributed by atoms with van der Waals surface area (Å²) in [4.78, 5) is 8.53. The van der Waals surface area contributed by atoms with Crippen molar-refractivity contribution >= 4 is 29.2 Å². The van der Waals surface area contributed by atoms with Crippen molar-refractivity contribution < 1.29 is 0 Å². The highest BCUT2D eigenvalue weighted by atomic mass is 35.5. The van der Waals surface area contributed by atoms with Crippen LogP contribution in [-0.4, -0.2) is 18.5 Å². The van der Waals surface area contributed by atoms with Crippen LogP contribution in [0.3, 0.4) is 0 Å². The summed E-state index contributed by atoms with van der Waals surface area (Å²) in [5.41, 5.74) is 11.8. The molecule has 6 heteroatoms. The van der Waals surface area contributed by atoms with Crippen molar-refractivity contribution in [1.82, 2.24) is 0 Å². The van der Waals surface area contributed by atoms with E-state index in [-0.39, 0.29) is 5.96 Å². The second-order valence-electron chi connectivity index (χ2n) is 6.56. The molecule has 0 unspecified atom stereocenters. The van der Waals surface area contributed by atoms with Gasteiger partial charge in [0.25, 0.3) is 0 Å². The molecule has 0 atom stereocenters. The van der Waals surface area contributed by atoms with E-state index in [0.29, 0.717) is 17.5 Å². The van der Waals surface area contributed by atoms with Crippen LogP contribution in [-0.2, 0) is 0 Å². The van der Waals surface area contributed by atoms with Gasteiger partial charge in [-0.2, -0.15) is 4.99 Å². The molecule has 1 aromatic rings. The number of rotatable bonds is 12. The third-order valence-electron chi connectivity index (χ3n) is 4.11. The van der Waals surface area contributed by atoms with Gasteiger partial charge in [0.05, 0.1) is 0 Å². The Morgan fingerprint density at radius 3 is 1.96 bits per heavy atom. The Kier molecular flexibility index (Phi) is 12.4. The van der Waals surface area contributed by atoms with E-state index in [1.54, 1.807) is 12.1 Å². The summed E-state index contributed by atoms with van der Waals surface area (Å²) in [6.45, 7) is 2.97. The van der Waals surface area contributed by atoms with Crippen LogP contribution >= 0.6 is 11.6 Å². The Labute approximate surface area is 163 Å². The predicted molar refractivity (Wildman–Crippen MR) is 115 cm³/mol. The van der Waals surface area contributed by atoms with E-state index in [9.17, 15) is 0 Å². The third-order valence-corrected chi connectivity index (χ3v) is 4.36. The van der Waals surface area contributed by atoms with Crippen molar-refractivity contribution in [3.05, 3.63) is 29.3 Å². The van der Waals surface area contributed by atoms with Gasteiger partial charge in [-0.3, -0.25) is 4.99 Å². The van der Waals surface area contributed by atoms with Crippen molar-refractivity contribution in [1.29, 1.82) is 0 Å². The molecular formula is C20H34ClN5. The summed E-state index contributed by atoms with van der Waals surface area (Å²) in [5.74, 6) is 0.427. The largest absolute Gasteiger partial charge is 0.370 e. The van der Waals surface area contributed by atoms with Crippen molar-refractivity contribution in [2.45, 2.75) is 71.1 Å². The number of anilines is 1. The van der Waals surface area contributed by atoms with Gasteiger partial charge in [0, 0.05) is 17.3 Å². The molecule has 0 heterocycles. The molecule has 146 valence electrons. The first-order chi connectivity index (χ1) is 12.6. The topological polar surface area (TPSA) is 88.8 Å². The third kappa shape index (κ3) is 11.7. The van der Waals surface area contributed by atoms with Gasteiger partial charge in [0.1, 0.15) is 0 Å². The molecule has 0 fully saturated rings. The van der Waals surface area contributed by atoms with Gasteiger partial charge in [-0.1, -0.05) is 76.3 Å². The Morgan fingerprint density at radius 2 is 1.42 bits per heavy atom. The minimum absolute atomic E-state index is 0.00622. The summed E-state index contributed by atoms with van der Waals surface area (Å²) < 4.78 is 0. The highest BCUT2D eigenvalue weighted by Crippen LogP contribution is 2.14. The molecular weight excluding hydrogens is 346 g/mol. The van der Waals surface area contributed by atoms with Gasteiger partial charge in [0.2, 0.25) is 5.96 Å². The summed E-state index contributed by atoms with van der Waals surface area (Å²) in [5, 5.41) is 3.80. The van der Waals surface area contributed by atoms with Crippen LogP contribution in [0, 0.1) is 0 Å². The summed E-state index contributed by atoms with van der Waals surface area (Å²) in [6.07, 6.45) is 13.0. The molecule has 0 aromatic heterocycles. The molecule has 0 saturated carbocycles. The molecule has 0 saturated heterocycles. The van der Waals surface area contributed by atoms with Gasteiger partial charge < -0.3 is 16.8 Å². The summed E-state index contributed by atoms with van der Waals surface area (Å²) >= 11 is 5.89. The van der Waals surface area contributed by atoms with Gasteiger partial charge >= 0.3 is 0 Å². The van der Waals surface area contributed by atoms with Crippen LogP contribution in [0.15, 0.2) is 34.3 Å². The van der Waals surface area contributed by atoms with Crippen molar-refractivity contribution in [3.8, 4) is 0 Å². The maximum absolute atomic E-state index is 5.89. The van der Waals surface area contributed by atoms with E-state index in [1.807, 2.05) is 12.1 Å². The standard InChI is InChI=1S/C20H34ClN5/c1-2-3-4-5-6-7-8-9-10-11-16-24-20(26-19(22)23)25-18-14-12-17(21)13-15-18/h12-15H,2-11,16H2,1H3,(H5,22,23,24,25,26). The van der Waals surface area contributed by atoms with Gasteiger partial charge in [0.15, 0.2) is 5.96 Å². The van der Waals surface area contributed by atoms with Crippen LogP contribution in [0.2, 0.25) is 5.02 Å². The quantitative estimate of drug-likeness (QED) is 0.261. The monoisotopic (exact) mass is 379 g/mol. The number of nitrogens with zero attached hydrogens (tertiary/aromatic N) is 2. The maximum Gasteiger partial charge on any atom is 0.225 e. The molecule has 0 spiro atoms. The number of aliphatic imine (C=N–C) groups is 2. The van der Waals surface area contributed by atoms with Crippen LogP contribution in [0.25, 0.3) is 0 Å². The number of guanidine groups is 2. The van der Waals surface area contributed by atoms with E-state index in [0.717, 1.165) is 12.1 Å². The number of halogens is 1. The summed E-state index contributed by atoms with van der Waals surface area (Å²) in [6, 6.07) is 7.33. The van der Waals surface area contributed by atoms with E-state index in [1.165, 1.54) is 57.8 Å². The lowest BCUT2D eigenvalue weighted by molar-refractivity contribution is 0.558. The van der Waals surface area contributed by atoms with Crippen molar-refractivity contribution in [2.75, 3.05) is 11.9 Å². The Bertz CT molecular complexity index is 536. The zero-order valence-corrected chi connectivity index (χ0v) is 16.8. The number of hydrogen-bond acceptors (Lipinski definition) is 1. The van der Waals surface area contributed by atoms with Crippen molar-refractivity contribution in [3.63, 3.8) is 0 Å². The lowest BCUT2D eigenvalue weighted by atomic mass is 10.1. The molecule has 26 heavy (non-hydrogen) atoms. The summed E-state index contributed by atoms with van der Waals surface area (Å²) in [7, 11) is 0. The fraction of sp³-hybridized carbons (Fsp3) is 0.600. The van der Waals surface area contributed by atoms with E-state index in [4.69, 9.17) is 23.1 Å². The number of unbranched alkanes of at least 4 members (excludes halogenated alkanes) is 9. The molecule has 5 nitrogen and oxygen atoms in total. The van der Waals surface area contributed by atoms with Gasteiger partial charge in [-0.25, -0.2) is 0 Å². The molecule has 1 rings (SSSR count). The minimum atomic E-state index is -0.00622. The molecule has 0 aliphatic heterocycles. The second kappa shape index (κ2) is 14.4. The van der Waals surface area contributed by atoms with Crippen molar-refractivity contribution in [2.24, 2.45) is 21.5 Å². The van der Waals surface area contributed by atoms with Gasteiger partial charge in [-0.05, 0) is 30.7 Å². The van der Waals surface area contributed by atoms with Crippen LogP contribution in [0.4, 0.5) is 5.69 Å². The normalized spacial score (nSPS) is 11.4.